The fourth-order valence-electron chi connectivity index (χ4n) is 3.90. The van der Waals surface area contributed by atoms with Gasteiger partial charge >= 0.3 is 12.0 Å². The molecule has 3 fully saturated rings. The number of benzene rings is 1. The summed E-state index contributed by atoms with van der Waals surface area (Å²) in [4.78, 5) is 49.1. The van der Waals surface area contributed by atoms with Gasteiger partial charge in [0.1, 0.15) is 24.3 Å². The topological polar surface area (TPSA) is 186 Å². The van der Waals surface area contributed by atoms with Crippen LogP contribution in [-0.4, -0.2) is 74.8 Å². The van der Waals surface area contributed by atoms with E-state index >= 15 is 0 Å². The number of primary amides is 1. The number of nitrogens with two attached hydrogens (primary N) is 2. The van der Waals surface area contributed by atoms with E-state index in [2.05, 4.69) is 10.6 Å². The molecule has 0 aliphatic carbocycles. The van der Waals surface area contributed by atoms with Gasteiger partial charge in [0, 0.05) is 25.2 Å². The molecule has 3 heterocycles. The number of ether oxygens (including phenoxy) is 1. The Bertz CT molecular complexity index is 930. The van der Waals surface area contributed by atoms with E-state index in [1.807, 2.05) is 0 Å². The second-order valence-electron chi connectivity index (χ2n) is 7.34. The number of β-lactam (4-membered cyclic amide) rings is 1. The number of amides is 3. The number of thioether (sulfide) groups is 1. The summed E-state index contributed by atoms with van der Waals surface area (Å²) in [5, 5.41) is 16.0. The van der Waals surface area contributed by atoms with Crippen LogP contribution in [0.5, 0.6) is 0 Å². The molecule has 4 rings (SSSR count). The van der Waals surface area contributed by atoms with E-state index in [0.29, 0.717) is 18.7 Å². The number of nitrogens with one attached hydrogen (secondary N) is 2. The van der Waals surface area contributed by atoms with E-state index in [1.165, 1.54) is 40.9 Å². The Balaban J connectivity index is 1.54. The molecule has 3 amide bonds. The first-order valence-electron chi connectivity index (χ1n) is 9.43. The molecule has 0 saturated carbocycles. The number of hydrogen-bond acceptors (Lipinski definition) is 10. The first kappa shape index (κ1) is 21.3. The number of nitro benzene ring substituents is 1. The third-order valence-corrected chi connectivity index (χ3v) is 7.17. The van der Waals surface area contributed by atoms with Crippen LogP contribution in [0.1, 0.15) is 5.56 Å². The Morgan fingerprint density at radius 2 is 2.10 bits per heavy atom. The summed E-state index contributed by atoms with van der Waals surface area (Å²) in [6, 6.07) is 4.17. The lowest BCUT2D eigenvalue weighted by Crippen LogP contribution is -2.66. The molecule has 1 aromatic rings. The smallest absolute Gasteiger partial charge is 0.339 e. The number of esters is 1. The molecular formula is C17H21N7O6S. The van der Waals surface area contributed by atoms with Crippen LogP contribution in [0.2, 0.25) is 0 Å². The molecule has 1 aromatic carbocycles. The van der Waals surface area contributed by atoms with Gasteiger partial charge in [-0.2, -0.15) is 0 Å². The van der Waals surface area contributed by atoms with E-state index < -0.39 is 34.1 Å². The van der Waals surface area contributed by atoms with Crippen LogP contribution in [0, 0.1) is 10.1 Å². The Morgan fingerprint density at radius 1 is 1.39 bits per heavy atom. The molecule has 1 unspecified atom stereocenters. The van der Waals surface area contributed by atoms with Gasteiger partial charge in [-0.1, -0.05) is 11.8 Å². The highest BCUT2D eigenvalue weighted by Gasteiger charge is 2.65. The lowest BCUT2D eigenvalue weighted by atomic mass is 10.1. The Morgan fingerprint density at radius 3 is 2.71 bits per heavy atom. The number of rotatable bonds is 6. The summed E-state index contributed by atoms with van der Waals surface area (Å²) in [6.45, 7) is 0.813. The lowest BCUT2D eigenvalue weighted by molar-refractivity contribution is -0.384. The third-order valence-electron chi connectivity index (χ3n) is 5.46. The number of nitro groups is 1. The molecule has 0 bridgehead atoms. The third kappa shape index (κ3) is 3.67. The van der Waals surface area contributed by atoms with Gasteiger partial charge in [0.15, 0.2) is 4.87 Å². The van der Waals surface area contributed by atoms with E-state index in [9.17, 15) is 24.5 Å². The van der Waals surface area contributed by atoms with E-state index in [-0.39, 0.29) is 30.1 Å². The van der Waals surface area contributed by atoms with Crippen LogP contribution in [0.25, 0.3) is 0 Å². The maximum Gasteiger partial charge on any atom is 0.339 e. The van der Waals surface area contributed by atoms with Gasteiger partial charge in [-0.05, 0) is 17.7 Å². The van der Waals surface area contributed by atoms with Crippen molar-refractivity contribution in [1.29, 1.82) is 0 Å². The molecule has 3 saturated heterocycles. The molecule has 0 aromatic heterocycles. The van der Waals surface area contributed by atoms with Crippen molar-refractivity contribution in [2.75, 3.05) is 19.6 Å². The average Bonchev–Trinajstić information content (AvgIpc) is 3.35. The zero-order valence-electron chi connectivity index (χ0n) is 16.2. The standard InChI is InChI=1S/C17H21N7O6S/c18-11-12(25)22-8-17(31-13(11)22,23-6-5-20-16(23)21-15(19)27)14(26)30-7-9-1-3-10(4-2-9)24(28)29/h1-4,11,13,16,20H,5-8,18H2,(H3,19,21,27)/t11-,13-,16?,17-/m1/s1. The van der Waals surface area contributed by atoms with Gasteiger partial charge in [0.2, 0.25) is 5.91 Å². The molecule has 4 atom stereocenters. The molecule has 0 spiro atoms. The fourth-order valence-corrected chi connectivity index (χ4v) is 5.57. The molecule has 13 nitrogen and oxygen atoms in total. The SMILES string of the molecule is NC(=O)NC1NCCN1[C@]1(C(=O)OCc2ccc([N+](=O)[O-])cc2)CN2C(=O)[C@@H](N)[C@H]2S1. The highest BCUT2D eigenvalue weighted by atomic mass is 32.2. The first-order chi connectivity index (χ1) is 14.7. The van der Waals surface area contributed by atoms with Crippen molar-refractivity contribution in [3.8, 4) is 0 Å². The van der Waals surface area contributed by atoms with Crippen LogP contribution in [0.4, 0.5) is 10.5 Å². The Labute approximate surface area is 180 Å². The van der Waals surface area contributed by atoms with Crippen molar-refractivity contribution in [2.45, 2.75) is 29.2 Å². The quantitative estimate of drug-likeness (QED) is 0.170. The minimum Gasteiger partial charge on any atom is -0.459 e. The van der Waals surface area contributed by atoms with Crippen LogP contribution < -0.4 is 22.1 Å². The van der Waals surface area contributed by atoms with E-state index in [1.54, 1.807) is 4.90 Å². The summed E-state index contributed by atoms with van der Waals surface area (Å²) in [7, 11) is 0. The molecule has 3 aliphatic heterocycles. The summed E-state index contributed by atoms with van der Waals surface area (Å²) in [5.74, 6) is -0.862. The van der Waals surface area contributed by atoms with E-state index in [0.717, 1.165) is 0 Å². The van der Waals surface area contributed by atoms with Gasteiger partial charge in [0.25, 0.3) is 5.69 Å². The summed E-state index contributed by atoms with van der Waals surface area (Å²) < 4.78 is 5.55. The Kier molecular flexibility index (Phi) is 5.47. The lowest BCUT2D eigenvalue weighted by Gasteiger charge is -2.38. The van der Waals surface area contributed by atoms with Crippen molar-refractivity contribution >= 4 is 35.4 Å². The van der Waals surface area contributed by atoms with Crippen molar-refractivity contribution in [3.63, 3.8) is 0 Å². The summed E-state index contributed by atoms with van der Waals surface area (Å²) >= 11 is 1.21. The molecule has 3 aliphatic rings. The fraction of sp³-hybridized carbons (Fsp3) is 0.471. The highest BCUT2D eigenvalue weighted by Crippen LogP contribution is 2.49. The molecular weight excluding hydrogens is 430 g/mol. The largest absolute Gasteiger partial charge is 0.459 e. The number of non-ortho nitro benzene ring substituents is 1. The molecule has 31 heavy (non-hydrogen) atoms. The van der Waals surface area contributed by atoms with Crippen LogP contribution in [0.3, 0.4) is 0 Å². The molecule has 0 radical (unpaired) electrons. The zero-order valence-corrected chi connectivity index (χ0v) is 17.0. The van der Waals surface area contributed by atoms with Gasteiger partial charge < -0.3 is 26.4 Å². The van der Waals surface area contributed by atoms with Gasteiger partial charge in [-0.3, -0.25) is 20.2 Å². The number of hydrogen-bond donors (Lipinski definition) is 4. The number of urea groups is 1. The summed E-state index contributed by atoms with van der Waals surface area (Å²) in [5.41, 5.74) is 11.7. The van der Waals surface area contributed by atoms with Crippen molar-refractivity contribution in [1.82, 2.24) is 20.4 Å². The summed E-state index contributed by atoms with van der Waals surface area (Å²) in [6.07, 6.45) is -0.720. The van der Waals surface area contributed by atoms with Gasteiger partial charge in [0.05, 0.1) is 11.5 Å². The number of carbonyl (C=O) groups excluding carboxylic acids is 3. The van der Waals surface area contributed by atoms with Gasteiger partial charge in [-0.25, -0.2) is 14.5 Å². The van der Waals surface area contributed by atoms with Gasteiger partial charge in [-0.15, -0.1) is 0 Å². The second kappa shape index (κ2) is 7.96. The molecule has 166 valence electrons. The van der Waals surface area contributed by atoms with Crippen molar-refractivity contribution in [2.24, 2.45) is 11.5 Å². The minimum absolute atomic E-state index is 0.0482. The average molecular weight is 451 g/mol. The normalized spacial score (nSPS) is 29.9. The zero-order chi connectivity index (χ0) is 22.3. The second-order valence-corrected chi connectivity index (χ2v) is 8.74. The van der Waals surface area contributed by atoms with Crippen LogP contribution >= 0.6 is 11.8 Å². The van der Waals surface area contributed by atoms with Crippen LogP contribution in [-0.2, 0) is 20.9 Å². The Hall–Kier alpha value is -2.94. The minimum atomic E-state index is -1.30. The number of fused-ring (bicyclic) bond motifs is 1. The predicted molar refractivity (Wildman–Crippen MR) is 108 cm³/mol. The number of nitrogens with zero attached hydrogens (tertiary/aromatic N) is 3. The predicted octanol–water partition coefficient (Wildman–Crippen LogP) is -1.57. The molecule has 6 N–H and O–H groups in total. The van der Waals surface area contributed by atoms with Crippen molar-refractivity contribution < 1.29 is 24.0 Å². The monoisotopic (exact) mass is 451 g/mol. The number of carbonyl (C=O) groups is 3. The van der Waals surface area contributed by atoms with Crippen molar-refractivity contribution in [3.05, 3.63) is 39.9 Å². The van der Waals surface area contributed by atoms with Crippen LogP contribution in [0.15, 0.2) is 24.3 Å². The maximum atomic E-state index is 13.3. The maximum absolute atomic E-state index is 13.3. The first-order valence-corrected chi connectivity index (χ1v) is 10.3. The highest BCUT2D eigenvalue weighted by molar-refractivity contribution is 8.02. The van der Waals surface area contributed by atoms with E-state index in [4.69, 9.17) is 16.2 Å². The molecule has 14 heteroatoms.